The summed E-state index contributed by atoms with van der Waals surface area (Å²) < 4.78 is 10.7. The molecule has 0 saturated carbocycles. The first-order valence-electron chi connectivity index (χ1n) is 9.49. The largest absolute Gasteiger partial charge is 0.497 e. The van der Waals surface area contributed by atoms with Crippen molar-refractivity contribution >= 4 is 0 Å². The van der Waals surface area contributed by atoms with Gasteiger partial charge in [-0.25, -0.2) is 0 Å². The molecule has 4 rings (SSSR count). The number of ether oxygens (including phenoxy) is 2. The van der Waals surface area contributed by atoms with E-state index in [1.54, 1.807) is 7.11 Å². The summed E-state index contributed by atoms with van der Waals surface area (Å²) in [5, 5.41) is 0. The Morgan fingerprint density at radius 2 is 1.84 bits per heavy atom. The monoisotopic (exact) mass is 345 g/mol. The maximum atomic E-state index is 5.41. The van der Waals surface area contributed by atoms with Crippen molar-refractivity contribution in [2.75, 3.05) is 53.0 Å². The zero-order valence-electron chi connectivity index (χ0n) is 15.8. The minimum atomic E-state index is 0.234. The first-order chi connectivity index (χ1) is 12.0. The van der Waals surface area contributed by atoms with Gasteiger partial charge in [-0.1, -0.05) is 12.1 Å². The molecular weight excluding hydrogens is 314 g/mol. The van der Waals surface area contributed by atoms with Crippen LogP contribution in [0.25, 0.3) is 0 Å². The predicted octanol–water partition coefficient (Wildman–Crippen LogP) is 1.67. The number of rotatable bonds is 4. The molecule has 0 amide bonds. The number of hydrogen-bond acceptors (Lipinski definition) is 5. The maximum Gasteiger partial charge on any atom is 0.118 e. The average Bonchev–Trinajstić information content (AvgIpc) is 2.53. The van der Waals surface area contributed by atoms with Crippen LogP contribution in [-0.4, -0.2) is 85.4 Å². The van der Waals surface area contributed by atoms with Gasteiger partial charge in [-0.05, 0) is 31.5 Å². The van der Waals surface area contributed by atoms with Crippen LogP contribution in [0.15, 0.2) is 24.3 Å². The third kappa shape index (κ3) is 3.56. The second-order valence-corrected chi connectivity index (χ2v) is 8.36. The zero-order chi connectivity index (χ0) is 17.4. The summed E-state index contributed by atoms with van der Waals surface area (Å²) in [5.74, 6) is 0.930. The topological polar surface area (TPSA) is 28.2 Å². The normalized spacial score (nSPS) is 28.4. The fraction of sp³-hybridized carbons (Fsp3) is 0.700. The van der Waals surface area contributed by atoms with Gasteiger partial charge in [0.15, 0.2) is 0 Å². The van der Waals surface area contributed by atoms with Crippen LogP contribution in [-0.2, 0) is 11.3 Å². The van der Waals surface area contributed by atoms with E-state index in [1.165, 1.54) is 25.2 Å². The minimum absolute atomic E-state index is 0.234. The Kier molecular flexibility index (Phi) is 4.75. The van der Waals surface area contributed by atoms with E-state index in [2.05, 4.69) is 52.8 Å². The van der Waals surface area contributed by atoms with Crippen molar-refractivity contribution in [1.82, 2.24) is 14.7 Å². The first-order valence-corrected chi connectivity index (χ1v) is 9.49. The minimum Gasteiger partial charge on any atom is -0.497 e. The first kappa shape index (κ1) is 17.3. The molecule has 5 heteroatoms. The summed E-state index contributed by atoms with van der Waals surface area (Å²) in [4.78, 5) is 8.02. The van der Waals surface area contributed by atoms with Gasteiger partial charge in [0.25, 0.3) is 0 Å². The van der Waals surface area contributed by atoms with Gasteiger partial charge in [-0.15, -0.1) is 0 Å². The van der Waals surface area contributed by atoms with Gasteiger partial charge in [-0.2, -0.15) is 0 Å². The van der Waals surface area contributed by atoms with E-state index in [-0.39, 0.29) is 5.54 Å². The van der Waals surface area contributed by atoms with Gasteiger partial charge in [0.1, 0.15) is 5.75 Å². The molecule has 138 valence electrons. The maximum absolute atomic E-state index is 5.41. The molecule has 0 N–H and O–H groups in total. The summed E-state index contributed by atoms with van der Waals surface area (Å²) >= 11 is 0. The van der Waals surface area contributed by atoms with Crippen LogP contribution in [0.1, 0.15) is 19.4 Å². The smallest absolute Gasteiger partial charge is 0.118 e. The van der Waals surface area contributed by atoms with Crippen molar-refractivity contribution < 1.29 is 9.47 Å². The van der Waals surface area contributed by atoms with E-state index in [4.69, 9.17) is 9.47 Å². The van der Waals surface area contributed by atoms with Crippen LogP contribution in [0.5, 0.6) is 5.75 Å². The summed E-state index contributed by atoms with van der Waals surface area (Å²) in [5.41, 5.74) is 1.60. The van der Waals surface area contributed by atoms with Gasteiger partial charge in [-0.3, -0.25) is 14.7 Å². The number of methoxy groups -OCH3 is 1. The average molecular weight is 345 g/mol. The molecule has 0 unspecified atom stereocenters. The van der Waals surface area contributed by atoms with Crippen molar-refractivity contribution in [1.29, 1.82) is 0 Å². The molecule has 1 atom stereocenters. The molecule has 3 fully saturated rings. The Morgan fingerprint density at radius 1 is 1.08 bits per heavy atom. The summed E-state index contributed by atoms with van der Waals surface area (Å²) in [6, 6.07) is 9.79. The fourth-order valence-electron chi connectivity index (χ4n) is 4.71. The SMILES string of the molecule is COc1ccc(CN2C[C@@H]3CN(C4COC4)CCN3C(C)(C)C2)cc1. The highest BCUT2D eigenvalue weighted by atomic mass is 16.5. The molecule has 5 nitrogen and oxygen atoms in total. The van der Waals surface area contributed by atoms with E-state index >= 15 is 0 Å². The second-order valence-electron chi connectivity index (χ2n) is 8.36. The summed E-state index contributed by atoms with van der Waals surface area (Å²) in [6.07, 6.45) is 0. The number of piperazine rings is 2. The van der Waals surface area contributed by atoms with E-state index in [0.29, 0.717) is 12.1 Å². The van der Waals surface area contributed by atoms with Gasteiger partial charge in [0.2, 0.25) is 0 Å². The molecule has 3 saturated heterocycles. The van der Waals surface area contributed by atoms with Crippen LogP contribution >= 0.6 is 0 Å². The highest BCUT2D eigenvalue weighted by Gasteiger charge is 2.44. The summed E-state index contributed by atoms with van der Waals surface area (Å²) in [6.45, 7) is 13.5. The van der Waals surface area contributed by atoms with Crippen molar-refractivity contribution in [2.24, 2.45) is 0 Å². The van der Waals surface area contributed by atoms with Crippen molar-refractivity contribution in [3.8, 4) is 5.75 Å². The quantitative estimate of drug-likeness (QED) is 0.828. The molecule has 0 aromatic heterocycles. The second kappa shape index (κ2) is 6.88. The van der Waals surface area contributed by atoms with E-state index in [9.17, 15) is 0 Å². The Morgan fingerprint density at radius 3 is 2.48 bits per heavy atom. The lowest BCUT2D eigenvalue weighted by Crippen LogP contribution is -2.71. The van der Waals surface area contributed by atoms with Crippen molar-refractivity contribution in [3.05, 3.63) is 29.8 Å². The van der Waals surface area contributed by atoms with Crippen LogP contribution in [0, 0.1) is 0 Å². The zero-order valence-corrected chi connectivity index (χ0v) is 15.8. The molecule has 0 spiro atoms. The van der Waals surface area contributed by atoms with Crippen molar-refractivity contribution in [2.45, 2.75) is 38.0 Å². The lowest BCUT2D eigenvalue weighted by Gasteiger charge is -2.57. The molecule has 25 heavy (non-hydrogen) atoms. The van der Waals surface area contributed by atoms with Gasteiger partial charge in [0, 0.05) is 50.8 Å². The molecule has 3 heterocycles. The highest BCUT2D eigenvalue weighted by molar-refractivity contribution is 5.27. The van der Waals surface area contributed by atoms with E-state index < -0.39 is 0 Å². The molecule has 0 radical (unpaired) electrons. The van der Waals surface area contributed by atoms with Crippen LogP contribution in [0.3, 0.4) is 0 Å². The fourth-order valence-corrected chi connectivity index (χ4v) is 4.71. The highest BCUT2D eigenvalue weighted by Crippen LogP contribution is 2.30. The predicted molar refractivity (Wildman–Crippen MR) is 99.0 cm³/mol. The van der Waals surface area contributed by atoms with Crippen LogP contribution < -0.4 is 4.74 Å². The van der Waals surface area contributed by atoms with Gasteiger partial charge in [0.05, 0.1) is 26.4 Å². The molecule has 3 aliphatic rings. The lowest BCUT2D eigenvalue weighted by atomic mass is 9.92. The molecule has 3 aliphatic heterocycles. The number of benzene rings is 1. The van der Waals surface area contributed by atoms with E-state index in [1.807, 2.05) is 0 Å². The molecule has 0 bridgehead atoms. The number of nitrogens with zero attached hydrogens (tertiary/aromatic N) is 3. The Bertz CT molecular complexity index is 585. The third-order valence-corrected chi connectivity index (χ3v) is 6.07. The Balaban J connectivity index is 1.43. The molecular formula is C20H31N3O2. The van der Waals surface area contributed by atoms with Crippen molar-refractivity contribution in [3.63, 3.8) is 0 Å². The van der Waals surface area contributed by atoms with E-state index in [0.717, 1.165) is 38.6 Å². The van der Waals surface area contributed by atoms with Crippen LogP contribution in [0.2, 0.25) is 0 Å². The van der Waals surface area contributed by atoms with Gasteiger partial charge < -0.3 is 9.47 Å². The lowest BCUT2D eigenvalue weighted by molar-refractivity contribution is -0.118. The number of hydrogen-bond donors (Lipinski definition) is 0. The standard InChI is InChI=1S/C20H31N3O2/c1-20(2)15-21(10-16-4-6-19(24-3)7-5-16)11-17-12-22(8-9-23(17)20)18-13-25-14-18/h4-7,17-18H,8-15H2,1-3H3/t17-/m1/s1. The number of fused-ring (bicyclic) bond motifs is 1. The molecule has 0 aliphatic carbocycles. The van der Waals surface area contributed by atoms with Crippen LogP contribution in [0.4, 0.5) is 0 Å². The molecule has 1 aromatic carbocycles. The molecule has 1 aromatic rings. The third-order valence-electron chi connectivity index (χ3n) is 6.07. The van der Waals surface area contributed by atoms with Gasteiger partial charge >= 0.3 is 0 Å². The Hall–Kier alpha value is -1.14. The summed E-state index contributed by atoms with van der Waals surface area (Å²) in [7, 11) is 1.72. The Labute approximate surface area is 151 Å².